The fourth-order valence-corrected chi connectivity index (χ4v) is 1.40. The average Bonchev–Trinajstić information content (AvgIpc) is 2.44. The van der Waals surface area contributed by atoms with Gasteiger partial charge < -0.3 is 14.5 Å². The van der Waals surface area contributed by atoms with E-state index in [1.165, 1.54) is 0 Å². The summed E-state index contributed by atoms with van der Waals surface area (Å²) in [6.07, 6.45) is 1.85. The second-order valence-electron chi connectivity index (χ2n) is 3.28. The van der Waals surface area contributed by atoms with Crippen molar-refractivity contribution in [2.45, 2.75) is 20.4 Å². The van der Waals surface area contributed by atoms with Crippen molar-refractivity contribution in [2.75, 3.05) is 13.6 Å². The molecule has 78 valence electrons. The van der Waals surface area contributed by atoms with Gasteiger partial charge >= 0.3 is 0 Å². The van der Waals surface area contributed by atoms with E-state index in [2.05, 4.69) is 4.98 Å². The summed E-state index contributed by atoms with van der Waals surface area (Å²) < 4.78 is 2.35. The summed E-state index contributed by atoms with van der Waals surface area (Å²) in [5.41, 5.74) is 0.974. The number of nitrogens with one attached hydrogen (secondary N) is 1. The highest BCUT2D eigenvalue weighted by Gasteiger charge is 2.07. The zero-order chi connectivity index (χ0) is 10.7. The molecule has 1 aromatic rings. The predicted molar refractivity (Wildman–Crippen MR) is 57.7 cm³/mol. The van der Waals surface area contributed by atoms with Crippen LogP contribution >= 0.6 is 12.2 Å². The van der Waals surface area contributed by atoms with Gasteiger partial charge in [-0.1, -0.05) is 0 Å². The lowest BCUT2D eigenvalue weighted by atomic mass is 10.5. The standard InChI is InChI=1S/C9H15N3OS/c1-4-11(3)8(13)6-12-5-7(2)10-9(12)14/h5H,4,6H2,1-3H3,(H,10,14). The Morgan fingerprint density at radius 2 is 2.36 bits per heavy atom. The van der Waals surface area contributed by atoms with Crippen LogP contribution in [0.3, 0.4) is 0 Å². The molecule has 0 atom stereocenters. The van der Waals surface area contributed by atoms with Crippen molar-refractivity contribution in [3.63, 3.8) is 0 Å². The molecule has 0 radical (unpaired) electrons. The summed E-state index contributed by atoms with van der Waals surface area (Å²) in [7, 11) is 1.78. The summed E-state index contributed by atoms with van der Waals surface area (Å²) in [6, 6.07) is 0. The van der Waals surface area contributed by atoms with E-state index in [9.17, 15) is 4.79 Å². The van der Waals surface area contributed by atoms with E-state index in [0.717, 1.165) is 12.2 Å². The number of hydrogen-bond acceptors (Lipinski definition) is 2. The molecule has 0 aromatic carbocycles. The zero-order valence-electron chi connectivity index (χ0n) is 8.70. The summed E-state index contributed by atoms with van der Waals surface area (Å²) >= 11 is 5.05. The van der Waals surface area contributed by atoms with Crippen molar-refractivity contribution in [3.05, 3.63) is 16.7 Å². The molecule has 1 heterocycles. The minimum atomic E-state index is 0.0719. The van der Waals surface area contributed by atoms with E-state index in [1.54, 1.807) is 16.5 Å². The van der Waals surface area contributed by atoms with Gasteiger partial charge in [0.2, 0.25) is 5.91 Å². The van der Waals surface area contributed by atoms with Gasteiger partial charge in [0.05, 0.1) is 0 Å². The van der Waals surface area contributed by atoms with E-state index in [-0.39, 0.29) is 5.91 Å². The van der Waals surface area contributed by atoms with Crippen molar-refractivity contribution in [1.29, 1.82) is 0 Å². The number of aryl methyl sites for hydroxylation is 1. The van der Waals surface area contributed by atoms with Gasteiger partial charge in [-0.15, -0.1) is 0 Å². The highest BCUT2D eigenvalue weighted by Crippen LogP contribution is 1.98. The highest BCUT2D eigenvalue weighted by molar-refractivity contribution is 7.71. The Bertz CT molecular complexity index is 380. The lowest BCUT2D eigenvalue weighted by Gasteiger charge is -2.14. The van der Waals surface area contributed by atoms with E-state index < -0.39 is 0 Å². The molecule has 14 heavy (non-hydrogen) atoms. The third kappa shape index (κ3) is 2.45. The second kappa shape index (κ2) is 4.41. The van der Waals surface area contributed by atoms with E-state index in [0.29, 0.717) is 11.3 Å². The molecule has 0 spiro atoms. The van der Waals surface area contributed by atoms with Crippen molar-refractivity contribution < 1.29 is 4.79 Å². The summed E-state index contributed by atoms with van der Waals surface area (Å²) in [6.45, 7) is 4.89. The van der Waals surface area contributed by atoms with Crippen LogP contribution in [0.5, 0.6) is 0 Å². The Hall–Kier alpha value is -1.10. The molecule has 0 aliphatic carbocycles. The first-order valence-corrected chi connectivity index (χ1v) is 4.95. The SMILES string of the molecule is CCN(C)C(=O)Cn1cc(C)[nH]c1=S. The van der Waals surface area contributed by atoms with Gasteiger partial charge in [-0.3, -0.25) is 4.79 Å². The lowest BCUT2D eigenvalue weighted by Crippen LogP contribution is -2.29. The van der Waals surface area contributed by atoms with Gasteiger partial charge in [-0.2, -0.15) is 0 Å². The Morgan fingerprint density at radius 1 is 1.71 bits per heavy atom. The fraction of sp³-hybridized carbons (Fsp3) is 0.556. The van der Waals surface area contributed by atoms with Gasteiger partial charge in [0.15, 0.2) is 4.77 Å². The van der Waals surface area contributed by atoms with Crippen LogP contribution in [0, 0.1) is 11.7 Å². The molecule has 1 rings (SSSR count). The molecule has 1 N–H and O–H groups in total. The summed E-state index contributed by atoms with van der Waals surface area (Å²) in [4.78, 5) is 16.2. The van der Waals surface area contributed by atoms with Gasteiger partial charge in [0, 0.05) is 25.5 Å². The number of likely N-dealkylation sites (N-methyl/N-ethyl adjacent to an activating group) is 1. The number of aromatic nitrogens is 2. The number of amides is 1. The van der Waals surface area contributed by atoms with E-state index in [1.807, 2.05) is 20.0 Å². The molecule has 0 saturated carbocycles. The number of rotatable bonds is 3. The Labute approximate surface area is 88.5 Å². The first-order valence-electron chi connectivity index (χ1n) is 4.54. The lowest BCUT2D eigenvalue weighted by molar-refractivity contribution is -0.130. The minimum Gasteiger partial charge on any atom is -0.344 e. The number of aromatic amines is 1. The molecule has 0 aliphatic heterocycles. The summed E-state index contributed by atoms with van der Waals surface area (Å²) in [5, 5.41) is 0. The average molecular weight is 213 g/mol. The molecule has 1 aromatic heterocycles. The minimum absolute atomic E-state index is 0.0719. The van der Waals surface area contributed by atoms with Crippen molar-refractivity contribution in [2.24, 2.45) is 0 Å². The number of nitrogens with zero attached hydrogens (tertiary/aromatic N) is 2. The molecule has 0 unspecified atom stereocenters. The van der Waals surface area contributed by atoms with E-state index in [4.69, 9.17) is 12.2 Å². The predicted octanol–water partition coefficient (Wildman–Crippen LogP) is 1.33. The van der Waals surface area contributed by atoms with Crippen LogP contribution in [0.4, 0.5) is 0 Å². The number of carbonyl (C=O) groups excluding carboxylic acids is 1. The van der Waals surface area contributed by atoms with Crippen molar-refractivity contribution in [1.82, 2.24) is 14.5 Å². The number of hydrogen-bond donors (Lipinski definition) is 1. The monoisotopic (exact) mass is 213 g/mol. The zero-order valence-corrected chi connectivity index (χ0v) is 9.52. The van der Waals surface area contributed by atoms with Crippen molar-refractivity contribution in [3.8, 4) is 0 Å². The number of carbonyl (C=O) groups is 1. The molecule has 0 bridgehead atoms. The van der Waals surface area contributed by atoms with Gasteiger partial charge in [-0.05, 0) is 26.1 Å². The highest BCUT2D eigenvalue weighted by atomic mass is 32.1. The van der Waals surface area contributed by atoms with E-state index >= 15 is 0 Å². The second-order valence-corrected chi connectivity index (χ2v) is 3.66. The van der Waals surface area contributed by atoms with Crippen LogP contribution in [0.2, 0.25) is 0 Å². The quantitative estimate of drug-likeness (QED) is 0.770. The summed E-state index contributed by atoms with van der Waals surface area (Å²) in [5.74, 6) is 0.0719. The van der Waals surface area contributed by atoms with Crippen LogP contribution in [-0.2, 0) is 11.3 Å². The number of imidazole rings is 1. The topological polar surface area (TPSA) is 41.0 Å². The first kappa shape index (κ1) is 11.0. The molecular formula is C9H15N3OS. The van der Waals surface area contributed by atoms with Crippen LogP contribution in [0.1, 0.15) is 12.6 Å². The Kier molecular flexibility index (Phi) is 3.46. The van der Waals surface area contributed by atoms with Crippen LogP contribution in [0.15, 0.2) is 6.20 Å². The molecule has 0 fully saturated rings. The van der Waals surface area contributed by atoms with Gasteiger partial charge in [0.1, 0.15) is 6.54 Å². The normalized spacial score (nSPS) is 10.2. The molecule has 4 nitrogen and oxygen atoms in total. The molecule has 5 heteroatoms. The Balaban J connectivity index is 2.74. The third-order valence-electron chi connectivity index (χ3n) is 2.12. The van der Waals surface area contributed by atoms with Gasteiger partial charge in [-0.25, -0.2) is 0 Å². The van der Waals surface area contributed by atoms with Crippen LogP contribution < -0.4 is 0 Å². The fourth-order valence-electron chi connectivity index (χ4n) is 1.13. The molecule has 1 amide bonds. The largest absolute Gasteiger partial charge is 0.344 e. The van der Waals surface area contributed by atoms with Crippen LogP contribution in [-0.4, -0.2) is 34.0 Å². The Morgan fingerprint density at radius 3 is 2.79 bits per heavy atom. The molecular weight excluding hydrogens is 198 g/mol. The molecule has 0 saturated heterocycles. The van der Waals surface area contributed by atoms with Crippen LogP contribution in [0.25, 0.3) is 0 Å². The smallest absolute Gasteiger partial charge is 0.242 e. The van der Waals surface area contributed by atoms with Crippen molar-refractivity contribution >= 4 is 18.1 Å². The maximum absolute atomic E-state index is 11.5. The number of H-pyrrole nitrogens is 1. The first-order chi connectivity index (χ1) is 6.54. The van der Waals surface area contributed by atoms with Gasteiger partial charge in [0.25, 0.3) is 0 Å². The third-order valence-corrected chi connectivity index (χ3v) is 2.46. The molecule has 0 aliphatic rings. The maximum atomic E-state index is 11.5. The maximum Gasteiger partial charge on any atom is 0.242 e.